The molecule has 0 radical (unpaired) electrons. The van der Waals surface area contributed by atoms with Crippen LogP contribution in [-0.2, 0) is 6.42 Å². The molecule has 1 aliphatic rings. The molecular weight excluding hydrogens is 414 g/mol. The number of para-hydroxylation sites is 1. The Balaban J connectivity index is 1.59. The summed E-state index contributed by atoms with van der Waals surface area (Å²) in [5.41, 5.74) is 11.0. The van der Waals surface area contributed by atoms with Crippen molar-refractivity contribution in [2.45, 2.75) is 26.7 Å². The Morgan fingerprint density at radius 2 is 1.59 bits per heavy atom. The molecule has 166 valence electrons. The number of hydrogen-bond donors (Lipinski definition) is 0. The molecule has 0 atom stereocenters. The van der Waals surface area contributed by atoms with E-state index < -0.39 is 0 Å². The van der Waals surface area contributed by atoms with Crippen molar-refractivity contribution >= 4 is 23.1 Å². The highest BCUT2D eigenvalue weighted by Gasteiger charge is 2.26. The zero-order valence-corrected chi connectivity index (χ0v) is 19.6. The molecule has 0 spiro atoms. The number of furan rings is 1. The zero-order valence-electron chi connectivity index (χ0n) is 19.6. The van der Waals surface area contributed by atoms with Crippen molar-refractivity contribution in [3.8, 4) is 28.1 Å². The van der Waals surface area contributed by atoms with Crippen molar-refractivity contribution in [3.63, 3.8) is 0 Å². The summed E-state index contributed by atoms with van der Waals surface area (Å²) in [4.78, 5) is 0. The van der Waals surface area contributed by atoms with Crippen LogP contribution in [-0.4, -0.2) is 4.57 Å². The van der Waals surface area contributed by atoms with Gasteiger partial charge in [-0.05, 0) is 73.7 Å². The first-order valence-electron chi connectivity index (χ1n) is 11.9. The third-order valence-electron chi connectivity index (χ3n) is 6.96. The highest BCUT2D eigenvalue weighted by molar-refractivity contribution is 5.96. The van der Waals surface area contributed by atoms with E-state index in [0.717, 1.165) is 30.0 Å². The summed E-state index contributed by atoms with van der Waals surface area (Å²) in [6.45, 7) is 8.41. The molecule has 0 saturated carbocycles. The fraction of sp³-hybridized carbons (Fsp3) is 0.125. The Labute approximate surface area is 200 Å². The van der Waals surface area contributed by atoms with Gasteiger partial charge in [0, 0.05) is 22.2 Å². The van der Waals surface area contributed by atoms with E-state index in [1.165, 1.54) is 50.0 Å². The molecular formula is C32H27NO. The van der Waals surface area contributed by atoms with Crippen LogP contribution in [0.15, 0.2) is 89.9 Å². The maximum Gasteiger partial charge on any atom is 0.136 e. The molecule has 0 aliphatic heterocycles. The molecule has 34 heavy (non-hydrogen) atoms. The summed E-state index contributed by atoms with van der Waals surface area (Å²) in [7, 11) is 0. The molecule has 6 rings (SSSR count). The molecule has 1 aliphatic carbocycles. The second-order valence-electron chi connectivity index (χ2n) is 9.07. The van der Waals surface area contributed by atoms with Gasteiger partial charge in [0.15, 0.2) is 0 Å². The van der Waals surface area contributed by atoms with Gasteiger partial charge in [-0.1, -0.05) is 72.8 Å². The monoisotopic (exact) mass is 441 g/mol. The second-order valence-corrected chi connectivity index (χ2v) is 9.07. The van der Waals surface area contributed by atoms with E-state index in [4.69, 9.17) is 4.42 Å². The van der Waals surface area contributed by atoms with Crippen LogP contribution in [0.4, 0.5) is 0 Å². The van der Waals surface area contributed by atoms with Crippen molar-refractivity contribution in [2.75, 3.05) is 0 Å². The van der Waals surface area contributed by atoms with Crippen molar-refractivity contribution in [3.05, 3.63) is 114 Å². The Morgan fingerprint density at radius 1 is 0.882 bits per heavy atom. The van der Waals surface area contributed by atoms with Gasteiger partial charge >= 0.3 is 0 Å². The molecule has 0 N–H and O–H groups in total. The van der Waals surface area contributed by atoms with Crippen LogP contribution < -0.4 is 0 Å². The molecule has 0 bridgehead atoms. The van der Waals surface area contributed by atoms with Crippen molar-refractivity contribution in [1.82, 2.24) is 4.57 Å². The summed E-state index contributed by atoms with van der Waals surface area (Å²) < 4.78 is 8.64. The Morgan fingerprint density at radius 3 is 2.32 bits per heavy atom. The second kappa shape index (κ2) is 8.07. The van der Waals surface area contributed by atoms with Gasteiger partial charge in [0.05, 0.1) is 11.2 Å². The number of allylic oxidation sites excluding steroid dienone is 1. The van der Waals surface area contributed by atoms with E-state index in [1.807, 2.05) is 6.08 Å². The fourth-order valence-electron chi connectivity index (χ4n) is 5.23. The molecule has 2 aromatic heterocycles. The average Bonchev–Trinajstić information content (AvgIpc) is 3.39. The molecule has 5 aromatic rings. The molecule has 2 nitrogen and oxygen atoms in total. The smallest absolute Gasteiger partial charge is 0.136 e. The van der Waals surface area contributed by atoms with Crippen LogP contribution in [0.1, 0.15) is 34.6 Å². The molecule has 0 amide bonds. The number of rotatable bonds is 4. The topological polar surface area (TPSA) is 18.1 Å². The normalized spacial score (nSPS) is 12.8. The van der Waals surface area contributed by atoms with Crippen LogP contribution >= 0.6 is 0 Å². The lowest BCUT2D eigenvalue weighted by Crippen LogP contribution is -2.01. The first-order valence-corrected chi connectivity index (χ1v) is 11.9. The van der Waals surface area contributed by atoms with Crippen molar-refractivity contribution in [2.24, 2.45) is 0 Å². The summed E-state index contributed by atoms with van der Waals surface area (Å²) in [5, 5.41) is 1.26. The van der Waals surface area contributed by atoms with E-state index in [0.29, 0.717) is 0 Å². The zero-order chi connectivity index (χ0) is 23.2. The summed E-state index contributed by atoms with van der Waals surface area (Å²) in [5.74, 6) is 1.81. The lowest BCUT2D eigenvalue weighted by molar-refractivity contribution is 0.542. The SMILES string of the molecule is C=Cc1oc2c(c1-c1c(C)c3ccccc3n1-c1ccc(-c3ccc(C)cc3)cc1)CCC=C2. The number of fused-ring (bicyclic) bond motifs is 2. The van der Waals surface area contributed by atoms with Gasteiger partial charge in [-0.25, -0.2) is 0 Å². The molecule has 0 fully saturated rings. The molecule has 3 aromatic carbocycles. The first kappa shape index (κ1) is 20.6. The number of hydrogen-bond acceptors (Lipinski definition) is 1. The summed E-state index contributed by atoms with van der Waals surface area (Å²) >= 11 is 0. The van der Waals surface area contributed by atoms with Crippen molar-refractivity contribution < 1.29 is 4.42 Å². The Hall–Kier alpha value is -4.04. The first-order chi connectivity index (χ1) is 16.7. The molecule has 0 saturated heterocycles. The molecule has 0 unspecified atom stereocenters. The minimum atomic E-state index is 0.847. The molecule has 2 heterocycles. The van der Waals surface area contributed by atoms with Crippen molar-refractivity contribution in [1.29, 1.82) is 0 Å². The van der Waals surface area contributed by atoms with Crippen LogP contribution in [0.3, 0.4) is 0 Å². The van der Waals surface area contributed by atoms with Gasteiger partial charge in [0.25, 0.3) is 0 Å². The van der Waals surface area contributed by atoms with Gasteiger partial charge in [-0.3, -0.25) is 0 Å². The number of nitrogens with zero attached hydrogens (tertiary/aromatic N) is 1. The quantitative estimate of drug-likeness (QED) is 0.272. The number of benzene rings is 3. The minimum Gasteiger partial charge on any atom is -0.456 e. The Kier molecular flexibility index (Phi) is 4.88. The maximum absolute atomic E-state index is 6.25. The number of aryl methyl sites for hydroxylation is 2. The van der Waals surface area contributed by atoms with Gasteiger partial charge in [-0.15, -0.1) is 0 Å². The van der Waals surface area contributed by atoms with Crippen LogP contribution in [0.2, 0.25) is 0 Å². The van der Waals surface area contributed by atoms with Crippen LogP contribution in [0, 0.1) is 13.8 Å². The lowest BCUT2D eigenvalue weighted by atomic mass is 9.95. The van der Waals surface area contributed by atoms with Gasteiger partial charge in [0.2, 0.25) is 0 Å². The largest absolute Gasteiger partial charge is 0.456 e. The van der Waals surface area contributed by atoms with Gasteiger partial charge < -0.3 is 8.98 Å². The van der Waals surface area contributed by atoms with E-state index in [-0.39, 0.29) is 0 Å². The fourth-order valence-corrected chi connectivity index (χ4v) is 5.23. The highest BCUT2D eigenvalue weighted by atomic mass is 16.3. The predicted molar refractivity (Wildman–Crippen MR) is 143 cm³/mol. The van der Waals surface area contributed by atoms with E-state index in [2.05, 4.69) is 110 Å². The predicted octanol–water partition coefficient (Wildman–Crippen LogP) is 8.78. The van der Waals surface area contributed by atoms with Gasteiger partial charge in [-0.2, -0.15) is 0 Å². The molecule has 2 heteroatoms. The van der Waals surface area contributed by atoms with Crippen LogP contribution in [0.5, 0.6) is 0 Å². The third-order valence-corrected chi connectivity index (χ3v) is 6.96. The maximum atomic E-state index is 6.25. The van der Waals surface area contributed by atoms with Crippen LogP contribution in [0.25, 0.3) is 51.1 Å². The summed E-state index contributed by atoms with van der Waals surface area (Å²) in [6.07, 6.45) is 8.15. The third kappa shape index (κ3) is 3.18. The summed E-state index contributed by atoms with van der Waals surface area (Å²) in [6, 6.07) is 26.2. The lowest BCUT2D eigenvalue weighted by Gasteiger charge is -2.15. The Bertz CT molecular complexity index is 1560. The number of aromatic nitrogens is 1. The van der Waals surface area contributed by atoms with E-state index in [9.17, 15) is 0 Å². The van der Waals surface area contributed by atoms with E-state index >= 15 is 0 Å². The van der Waals surface area contributed by atoms with Gasteiger partial charge in [0.1, 0.15) is 11.5 Å². The van der Waals surface area contributed by atoms with E-state index in [1.54, 1.807) is 0 Å². The highest BCUT2D eigenvalue weighted by Crippen LogP contribution is 2.43. The standard InChI is InChI=1S/C32H27NO/c1-4-29-31(27-10-6-8-12-30(27)34-29)32-22(3)26-9-5-7-11-28(26)33(32)25-19-17-24(18-20-25)23-15-13-21(2)14-16-23/h4-5,7-9,11-20H,1,6,10H2,2-3H3. The average molecular weight is 442 g/mol. The minimum absolute atomic E-state index is 0.847.